The fourth-order valence-electron chi connectivity index (χ4n) is 1.63. The van der Waals surface area contributed by atoms with E-state index in [4.69, 9.17) is 10.5 Å². The van der Waals surface area contributed by atoms with Crippen LogP contribution in [0.3, 0.4) is 0 Å². The van der Waals surface area contributed by atoms with Gasteiger partial charge in [-0.1, -0.05) is 0 Å². The van der Waals surface area contributed by atoms with E-state index >= 15 is 0 Å². The van der Waals surface area contributed by atoms with Crippen LogP contribution in [0.1, 0.15) is 33.1 Å². The molecule has 0 radical (unpaired) electrons. The van der Waals surface area contributed by atoms with Crippen molar-refractivity contribution >= 4 is 16.3 Å². The summed E-state index contributed by atoms with van der Waals surface area (Å²) in [5.41, 5.74) is 5.70. The molecule has 8 heteroatoms. The Balaban J connectivity index is 2.64. The molecular formula is C9H19N3O4S. The van der Waals surface area contributed by atoms with Crippen molar-refractivity contribution < 1.29 is 17.9 Å². The van der Waals surface area contributed by atoms with E-state index in [0.29, 0.717) is 13.0 Å². The van der Waals surface area contributed by atoms with Gasteiger partial charge in [0, 0.05) is 6.54 Å². The van der Waals surface area contributed by atoms with Gasteiger partial charge in [0.15, 0.2) is 0 Å². The van der Waals surface area contributed by atoms with Crippen LogP contribution in [0.4, 0.5) is 4.79 Å². The Morgan fingerprint density at radius 3 is 2.65 bits per heavy atom. The summed E-state index contributed by atoms with van der Waals surface area (Å²) in [7, 11) is -3.89. The Morgan fingerprint density at radius 2 is 2.12 bits per heavy atom. The molecule has 0 aromatic heterocycles. The lowest BCUT2D eigenvalue weighted by Gasteiger charge is -2.31. The smallest absolute Gasteiger partial charge is 0.422 e. The largest absolute Gasteiger partial charge is 0.446 e. The van der Waals surface area contributed by atoms with Gasteiger partial charge in [-0.05, 0) is 33.1 Å². The molecule has 0 aromatic rings. The molecule has 1 atom stereocenters. The molecule has 1 aliphatic rings. The van der Waals surface area contributed by atoms with Gasteiger partial charge in [0.05, 0.1) is 12.3 Å². The van der Waals surface area contributed by atoms with Gasteiger partial charge < -0.3 is 10.5 Å². The van der Waals surface area contributed by atoms with Crippen molar-refractivity contribution in [3.8, 4) is 0 Å². The van der Waals surface area contributed by atoms with Crippen LogP contribution in [0, 0.1) is 0 Å². The minimum Gasteiger partial charge on any atom is -0.446 e. The van der Waals surface area contributed by atoms with E-state index in [1.807, 2.05) is 4.72 Å². The second kappa shape index (κ2) is 5.65. The van der Waals surface area contributed by atoms with Crippen molar-refractivity contribution in [2.75, 3.05) is 6.54 Å². The number of piperidine rings is 1. The summed E-state index contributed by atoms with van der Waals surface area (Å²) >= 11 is 0. The average molecular weight is 265 g/mol. The summed E-state index contributed by atoms with van der Waals surface area (Å²) in [5, 5.41) is 0. The number of ether oxygens (including phenoxy) is 1. The quantitative estimate of drug-likeness (QED) is 0.755. The molecule has 7 nitrogen and oxygen atoms in total. The lowest BCUT2D eigenvalue weighted by atomic mass is 10.1. The molecule has 0 aromatic carbocycles. The van der Waals surface area contributed by atoms with E-state index in [1.54, 1.807) is 13.8 Å². The highest BCUT2D eigenvalue weighted by Crippen LogP contribution is 2.16. The monoisotopic (exact) mass is 265 g/mol. The molecule has 1 heterocycles. The maximum atomic E-state index is 11.8. The number of nitrogens with one attached hydrogen (secondary N) is 1. The summed E-state index contributed by atoms with van der Waals surface area (Å²) in [6, 6.07) is 0. The van der Waals surface area contributed by atoms with Crippen molar-refractivity contribution in [2.24, 2.45) is 5.73 Å². The first kappa shape index (κ1) is 14.2. The zero-order valence-electron chi connectivity index (χ0n) is 10.0. The second-order valence-electron chi connectivity index (χ2n) is 4.24. The molecule has 0 aliphatic carbocycles. The molecule has 17 heavy (non-hydrogen) atoms. The number of amides is 1. The lowest BCUT2D eigenvalue weighted by Crippen LogP contribution is -2.54. The third-order valence-corrected chi connectivity index (χ3v) is 3.86. The Bertz CT molecular complexity index is 368. The van der Waals surface area contributed by atoms with E-state index in [-0.39, 0.29) is 6.10 Å². The Hall–Kier alpha value is -0.860. The Morgan fingerprint density at radius 1 is 1.47 bits per heavy atom. The van der Waals surface area contributed by atoms with Crippen LogP contribution in [0.15, 0.2) is 0 Å². The van der Waals surface area contributed by atoms with Gasteiger partial charge in [0.25, 0.3) is 0 Å². The number of nitrogens with two attached hydrogens (primary N) is 1. The maximum Gasteiger partial charge on any atom is 0.422 e. The first-order valence-electron chi connectivity index (χ1n) is 5.58. The summed E-state index contributed by atoms with van der Waals surface area (Å²) in [6.45, 7) is 3.60. The van der Waals surface area contributed by atoms with Crippen molar-refractivity contribution in [3.05, 3.63) is 0 Å². The average Bonchev–Trinajstić information content (AvgIpc) is 2.15. The van der Waals surface area contributed by atoms with Crippen LogP contribution in [-0.4, -0.2) is 37.6 Å². The molecule has 3 N–H and O–H groups in total. The predicted molar refractivity (Wildman–Crippen MR) is 62.2 cm³/mol. The van der Waals surface area contributed by atoms with Gasteiger partial charge >= 0.3 is 16.3 Å². The van der Waals surface area contributed by atoms with E-state index < -0.39 is 22.5 Å². The van der Waals surface area contributed by atoms with Gasteiger partial charge in [-0.25, -0.2) is 9.52 Å². The van der Waals surface area contributed by atoms with E-state index in [1.165, 1.54) is 0 Å². The van der Waals surface area contributed by atoms with Crippen LogP contribution in [-0.2, 0) is 14.9 Å². The van der Waals surface area contributed by atoms with Crippen molar-refractivity contribution in [1.82, 2.24) is 9.03 Å². The highest BCUT2D eigenvalue weighted by molar-refractivity contribution is 7.87. The minimum absolute atomic E-state index is 0.325. The van der Waals surface area contributed by atoms with E-state index in [9.17, 15) is 13.2 Å². The highest BCUT2D eigenvalue weighted by atomic mass is 32.2. The number of carbonyl (C=O) groups is 1. The number of nitrogens with zero attached hydrogens (tertiary/aromatic N) is 1. The maximum absolute atomic E-state index is 11.8. The normalized spacial score (nSPS) is 22.5. The van der Waals surface area contributed by atoms with Crippen LogP contribution in [0.5, 0.6) is 0 Å². The van der Waals surface area contributed by atoms with Gasteiger partial charge in [-0.3, -0.25) is 0 Å². The third-order valence-electron chi connectivity index (χ3n) is 2.36. The third kappa shape index (κ3) is 4.14. The molecule has 1 rings (SSSR count). The van der Waals surface area contributed by atoms with Crippen LogP contribution < -0.4 is 10.5 Å². The zero-order chi connectivity index (χ0) is 13.1. The molecule has 1 unspecified atom stereocenters. The van der Waals surface area contributed by atoms with Crippen molar-refractivity contribution in [2.45, 2.75) is 45.4 Å². The molecule has 1 saturated heterocycles. The fourth-order valence-corrected chi connectivity index (χ4v) is 2.84. The molecule has 1 aliphatic heterocycles. The molecule has 100 valence electrons. The van der Waals surface area contributed by atoms with Gasteiger partial charge in [0.2, 0.25) is 0 Å². The molecule has 1 fully saturated rings. The first-order chi connectivity index (χ1) is 7.83. The van der Waals surface area contributed by atoms with Crippen molar-refractivity contribution in [3.63, 3.8) is 0 Å². The molecular weight excluding hydrogens is 246 g/mol. The first-order valence-corrected chi connectivity index (χ1v) is 7.02. The number of rotatable bonds is 3. The highest BCUT2D eigenvalue weighted by Gasteiger charge is 2.31. The van der Waals surface area contributed by atoms with Crippen LogP contribution in [0.2, 0.25) is 0 Å². The number of hydrogen-bond acceptors (Lipinski definition) is 5. The summed E-state index contributed by atoms with van der Waals surface area (Å²) in [4.78, 5) is 11.2. The van der Waals surface area contributed by atoms with Gasteiger partial charge in [-0.2, -0.15) is 12.7 Å². The summed E-state index contributed by atoms with van der Waals surface area (Å²) < 4.78 is 31.3. The van der Waals surface area contributed by atoms with Crippen molar-refractivity contribution in [1.29, 1.82) is 0 Å². The standard InChI is InChI=1S/C9H19N3O4S/c1-7(2)16-9(13)11-17(14,15)12-6-4-3-5-8(12)10/h7-8H,3-6,10H2,1-2H3,(H,11,13). The van der Waals surface area contributed by atoms with Gasteiger partial charge in [-0.15, -0.1) is 0 Å². The SMILES string of the molecule is CC(C)OC(=O)NS(=O)(=O)N1CCCCC1N. The molecule has 0 spiro atoms. The van der Waals surface area contributed by atoms with Gasteiger partial charge in [0.1, 0.15) is 0 Å². The van der Waals surface area contributed by atoms with Crippen LogP contribution >= 0.6 is 0 Å². The molecule has 0 bridgehead atoms. The van der Waals surface area contributed by atoms with Crippen LogP contribution in [0.25, 0.3) is 0 Å². The summed E-state index contributed by atoms with van der Waals surface area (Å²) in [5.74, 6) is 0. The van der Waals surface area contributed by atoms with E-state index in [0.717, 1.165) is 17.1 Å². The number of hydrogen-bond donors (Lipinski definition) is 2. The predicted octanol–water partition coefficient (Wildman–Crippen LogP) is 0.137. The number of carbonyl (C=O) groups excluding carboxylic acids is 1. The molecule has 1 amide bonds. The molecule has 0 saturated carbocycles. The lowest BCUT2D eigenvalue weighted by molar-refractivity contribution is 0.120. The minimum atomic E-state index is -3.89. The topological polar surface area (TPSA) is 102 Å². The fraction of sp³-hybridized carbons (Fsp3) is 0.889. The Labute approximate surface area is 101 Å². The second-order valence-corrected chi connectivity index (χ2v) is 5.86. The van der Waals surface area contributed by atoms with E-state index in [2.05, 4.69) is 0 Å². The Kier molecular flexibility index (Phi) is 4.72. The summed E-state index contributed by atoms with van der Waals surface area (Å²) in [6.07, 6.45) is 0.309. The zero-order valence-corrected chi connectivity index (χ0v) is 10.9.